The number of hydrogen-bond donors (Lipinski definition) is 1. The van der Waals surface area contributed by atoms with Gasteiger partial charge in [0.1, 0.15) is 6.04 Å². The van der Waals surface area contributed by atoms with Gasteiger partial charge >= 0.3 is 35.5 Å². The molecule has 1 amide bonds. The summed E-state index contributed by atoms with van der Waals surface area (Å²) in [5, 5.41) is 9.10. The topological polar surface area (TPSA) is 57.6 Å². The maximum Gasteiger partial charge on any atom is 1.00 e. The standard InChI is InChI=1S/C19H35NO3.Na.H/c1-2-3-4-5-6-7-8-9-10-11-12-15-18(21)20-16-13-14-17(20)19(22)23;;/h17H,2-16H2,1H3,(H,22,23);;/q;+1;-1/t17-;;/m1../s1. The minimum absolute atomic E-state index is 0. The van der Waals surface area contributed by atoms with Gasteiger partial charge in [0.05, 0.1) is 0 Å². The van der Waals surface area contributed by atoms with Gasteiger partial charge in [-0.1, -0.05) is 71.1 Å². The first kappa shape index (κ1) is 23.9. The zero-order valence-corrected chi connectivity index (χ0v) is 17.9. The van der Waals surface area contributed by atoms with Gasteiger partial charge in [0.25, 0.3) is 0 Å². The molecule has 1 N–H and O–H groups in total. The minimum atomic E-state index is -0.852. The molecule has 0 aromatic rings. The van der Waals surface area contributed by atoms with E-state index in [1.165, 1.54) is 57.8 Å². The number of carbonyl (C=O) groups is 2. The van der Waals surface area contributed by atoms with Gasteiger partial charge in [-0.3, -0.25) is 4.79 Å². The Kier molecular flexibility index (Phi) is 15.2. The molecule has 1 atom stereocenters. The van der Waals surface area contributed by atoms with E-state index in [4.69, 9.17) is 5.11 Å². The molecule has 0 radical (unpaired) electrons. The van der Waals surface area contributed by atoms with Gasteiger partial charge in [0, 0.05) is 13.0 Å². The molecule has 0 saturated carbocycles. The Bertz CT molecular complexity index is 356. The van der Waals surface area contributed by atoms with Crippen LogP contribution in [0.1, 0.15) is 98.2 Å². The third kappa shape index (κ3) is 10.0. The molecule has 4 nitrogen and oxygen atoms in total. The predicted molar refractivity (Wildman–Crippen MR) is 94.6 cm³/mol. The second-order valence-corrected chi connectivity index (χ2v) is 6.87. The molecule has 0 unspecified atom stereocenters. The van der Waals surface area contributed by atoms with Crippen molar-refractivity contribution >= 4 is 11.9 Å². The van der Waals surface area contributed by atoms with E-state index in [1.807, 2.05) is 0 Å². The molecule has 136 valence electrons. The van der Waals surface area contributed by atoms with E-state index in [-0.39, 0.29) is 36.9 Å². The Morgan fingerprint density at radius 1 is 0.958 bits per heavy atom. The van der Waals surface area contributed by atoms with E-state index >= 15 is 0 Å². The zero-order chi connectivity index (χ0) is 16.9. The SMILES string of the molecule is CCCCCCCCCCCCCC(=O)N1CCC[C@@H]1C(=O)O.[H-].[Na+]. The molecule has 1 fully saturated rings. The smallest absolute Gasteiger partial charge is 1.00 e. The molecular formula is C19H36NNaO3. The third-order valence-corrected chi connectivity index (χ3v) is 4.85. The molecule has 0 aromatic heterocycles. The van der Waals surface area contributed by atoms with Crippen LogP contribution in [0.4, 0.5) is 0 Å². The van der Waals surface area contributed by atoms with Crippen molar-refractivity contribution in [2.75, 3.05) is 6.54 Å². The van der Waals surface area contributed by atoms with Gasteiger partial charge in [-0.15, -0.1) is 0 Å². The van der Waals surface area contributed by atoms with Crippen molar-refractivity contribution in [1.82, 2.24) is 4.90 Å². The van der Waals surface area contributed by atoms with Gasteiger partial charge in [-0.2, -0.15) is 0 Å². The number of aliphatic carboxylic acids is 1. The molecular weight excluding hydrogens is 313 g/mol. The van der Waals surface area contributed by atoms with Crippen LogP contribution < -0.4 is 29.6 Å². The first-order valence-corrected chi connectivity index (χ1v) is 9.69. The maximum absolute atomic E-state index is 12.1. The van der Waals surface area contributed by atoms with E-state index in [0.29, 0.717) is 19.4 Å². The predicted octanol–water partition coefficient (Wildman–Crippen LogP) is 1.88. The monoisotopic (exact) mass is 349 g/mol. The first-order valence-electron chi connectivity index (χ1n) is 9.69. The van der Waals surface area contributed by atoms with E-state index < -0.39 is 12.0 Å². The fourth-order valence-electron chi connectivity index (χ4n) is 3.41. The molecule has 0 bridgehead atoms. The summed E-state index contributed by atoms with van der Waals surface area (Å²) in [6.07, 6.45) is 15.9. The summed E-state index contributed by atoms with van der Waals surface area (Å²) in [7, 11) is 0. The van der Waals surface area contributed by atoms with Crippen LogP contribution in [-0.4, -0.2) is 34.5 Å². The number of hydrogen-bond acceptors (Lipinski definition) is 2. The van der Waals surface area contributed by atoms with Crippen molar-refractivity contribution in [3.05, 3.63) is 0 Å². The van der Waals surface area contributed by atoms with Crippen LogP contribution in [0.2, 0.25) is 0 Å². The Morgan fingerprint density at radius 3 is 1.96 bits per heavy atom. The molecule has 0 spiro atoms. The minimum Gasteiger partial charge on any atom is -1.00 e. The average Bonchev–Trinajstić information content (AvgIpc) is 3.02. The number of likely N-dealkylation sites (tertiary alicyclic amines) is 1. The summed E-state index contributed by atoms with van der Waals surface area (Å²) >= 11 is 0. The Labute approximate surface area is 171 Å². The average molecular weight is 349 g/mol. The van der Waals surface area contributed by atoms with Gasteiger partial charge < -0.3 is 11.4 Å². The van der Waals surface area contributed by atoms with Crippen LogP contribution in [-0.2, 0) is 9.59 Å². The number of carboxylic acid groups (broad SMARTS) is 1. The van der Waals surface area contributed by atoms with Crippen LogP contribution in [0.15, 0.2) is 0 Å². The molecule has 0 aromatic carbocycles. The maximum atomic E-state index is 12.1. The van der Waals surface area contributed by atoms with Crippen molar-refractivity contribution in [3.8, 4) is 0 Å². The fourth-order valence-corrected chi connectivity index (χ4v) is 3.41. The molecule has 1 aliphatic rings. The molecule has 1 saturated heterocycles. The van der Waals surface area contributed by atoms with E-state index in [9.17, 15) is 9.59 Å². The summed E-state index contributed by atoms with van der Waals surface area (Å²) in [4.78, 5) is 24.7. The third-order valence-electron chi connectivity index (χ3n) is 4.85. The van der Waals surface area contributed by atoms with Crippen molar-refractivity contribution in [3.63, 3.8) is 0 Å². The molecule has 24 heavy (non-hydrogen) atoms. The first-order chi connectivity index (χ1) is 11.2. The second kappa shape index (κ2) is 15.2. The van der Waals surface area contributed by atoms with Gasteiger partial charge in [0.2, 0.25) is 5.91 Å². The largest absolute Gasteiger partial charge is 1.00 e. The number of carboxylic acids is 1. The number of unbranched alkanes of at least 4 members (excludes halogenated alkanes) is 10. The summed E-state index contributed by atoms with van der Waals surface area (Å²) in [6.45, 7) is 2.87. The van der Waals surface area contributed by atoms with E-state index in [2.05, 4.69) is 6.92 Å². The van der Waals surface area contributed by atoms with Crippen molar-refractivity contribution in [2.45, 2.75) is 103 Å². The van der Waals surface area contributed by atoms with Crippen molar-refractivity contribution in [1.29, 1.82) is 0 Å². The summed E-state index contributed by atoms with van der Waals surface area (Å²) in [5.41, 5.74) is 0. The van der Waals surface area contributed by atoms with Crippen LogP contribution in [0.25, 0.3) is 0 Å². The quantitative estimate of drug-likeness (QED) is 0.408. The van der Waals surface area contributed by atoms with Gasteiger partial charge in [-0.05, 0) is 19.3 Å². The van der Waals surface area contributed by atoms with Crippen molar-refractivity contribution in [2.24, 2.45) is 0 Å². The Balaban J connectivity index is 0. The molecule has 1 rings (SSSR count). The second-order valence-electron chi connectivity index (χ2n) is 6.87. The van der Waals surface area contributed by atoms with E-state index in [0.717, 1.165) is 19.3 Å². The Morgan fingerprint density at radius 2 is 1.46 bits per heavy atom. The summed E-state index contributed by atoms with van der Waals surface area (Å²) in [5.74, 6) is -0.819. The van der Waals surface area contributed by atoms with Gasteiger partial charge in [0.15, 0.2) is 0 Å². The van der Waals surface area contributed by atoms with Crippen LogP contribution in [0.3, 0.4) is 0 Å². The van der Waals surface area contributed by atoms with Crippen LogP contribution in [0.5, 0.6) is 0 Å². The summed E-state index contributed by atoms with van der Waals surface area (Å²) < 4.78 is 0. The number of rotatable bonds is 13. The number of nitrogens with zero attached hydrogens (tertiary/aromatic N) is 1. The molecule has 1 heterocycles. The van der Waals surface area contributed by atoms with Crippen molar-refractivity contribution < 1.29 is 45.7 Å². The van der Waals surface area contributed by atoms with Crippen LogP contribution in [0, 0.1) is 0 Å². The molecule has 5 heteroatoms. The zero-order valence-electron chi connectivity index (χ0n) is 16.9. The number of amides is 1. The van der Waals surface area contributed by atoms with Crippen LogP contribution >= 0.6 is 0 Å². The molecule has 0 aliphatic carbocycles. The van der Waals surface area contributed by atoms with Gasteiger partial charge in [-0.25, -0.2) is 4.79 Å². The summed E-state index contributed by atoms with van der Waals surface area (Å²) in [6, 6.07) is -0.574. The number of carbonyl (C=O) groups excluding carboxylic acids is 1. The van der Waals surface area contributed by atoms with E-state index in [1.54, 1.807) is 4.90 Å². The fraction of sp³-hybridized carbons (Fsp3) is 0.895. The normalized spacial score (nSPS) is 16.9. The molecule has 1 aliphatic heterocycles. The Hall–Kier alpha value is -0.0600.